The molecule has 1 aromatic carbocycles. The zero-order valence-corrected chi connectivity index (χ0v) is 17.3. The molecule has 4 fully saturated rings. The van der Waals surface area contributed by atoms with Crippen LogP contribution in [0.5, 0.6) is 5.75 Å². The van der Waals surface area contributed by atoms with Crippen LogP contribution in [0.15, 0.2) is 48.7 Å². The van der Waals surface area contributed by atoms with Crippen molar-refractivity contribution in [2.75, 3.05) is 13.2 Å². The summed E-state index contributed by atoms with van der Waals surface area (Å²) in [5, 5.41) is 13.3. The van der Waals surface area contributed by atoms with Gasteiger partial charge in [-0.2, -0.15) is 0 Å². The topological polar surface area (TPSA) is 71.5 Å². The number of aliphatic hydroxyl groups excluding tert-OH is 1. The van der Waals surface area contributed by atoms with E-state index in [1.54, 1.807) is 6.20 Å². The summed E-state index contributed by atoms with van der Waals surface area (Å²) in [6, 6.07) is 13.6. The first-order valence-corrected chi connectivity index (χ1v) is 11.2. The number of nitrogens with zero attached hydrogens (tertiary/aromatic N) is 1. The van der Waals surface area contributed by atoms with Gasteiger partial charge in [-0.25, -0.2) is 0 Å². The molecular weight excluding hydrogens is 376 g/mol. The van der Waals surface area contributed by atoms with Gasteiger partial charge in [0.2, 0.25) is 0 Å². The summed E-state index contributed by atoms with van der Waals surface area (Å²) in [7, 11) is 0. The Labute approximate surface area is 177 Å². The highest BCUT2D eigenvalue weighted by Crippen LogP contribution is 2.59. The second kappa shape index (κ2) is 8.03. The van der Waals surface area contributed by atoms with Crippen LogP contribution in [0.4, 0.5) is 0 Å². The quantitative estimate of drug-likeness (QED) is 0.737. The molecule has 4 aliphatic rings. The molecule has 0 spiro atoms. The van der Waals surface area contributed by atoms with Crippen molar-refractivity contribution in [1.82, 2.24) is 10.3 Å². The van der Waals surface area contributed by atoms with Crippen molar-refractivity contribution >= 4 is 5.91 Å². The zero-order valence-electron chi connectivity index (χ0n) is 17.3. The molecule has 0 aliphatic heterocycles. The van der Waals surface area contributed by atoms with Crippen molar-refractivity contribution in [1.29, 1.82) is 0 Å². The molecule has 5 nitrogen and oxygen atoms in total. The average Bonchev–Trinajstić information content (AvgIpc) is 2.77. The van der Waals surface area contributed by atoms with E-state index in [-0.39, 0.29) is 17.4 Å². The molecule has 6 rings (SSSR count). The summed E-state index contributed by atoms with van der Waals surface area (Å²) in [5.41, 5.74) is 1.77. The minimum atomic E-state index is -0.0132. The molecule has 2 aromatic rings. The number of hydrogen-bond donors (Lipinski definition) is 2. The third kappa shape index (κ3) is 3.83. The molecule has 4 bridgehead atoms. The Hall–Kier alpha value is -2.40. The SMILES string of the molecule is O=C(NC1C2CC3CC1CC(CO)(C3)C2)c1cccc(OCCc2ccccn2)c1. The number of amides is 1. The van der Waals surface area contributed by atoms with E-state index in [1.807, 2.05) is 42.5 Å². The monoisotopic (exact) mass is 406 g/mol. The van der Waals surface area contributed by atoms with Gasteiger partial charge in [0, 0.05) is 36.5 Å². The van der Waals surface area contributed by atoms with Gasteiger partial charge in [-0.3, -0.25) is 9.78 Å². The highest BCUT2D eigenvalue weighted by molar-refractivity contribution is 5.94. The maximum atomic E-state index is 13.0. The first-order valence-electron chi connectivity index (χ1n) is 11.2. The van der Waals surface area contributed by atoms with Crippen LogP contribution in [0.3, 0.4) is 0 Å². The van der Waals surface area contributed by atoms with Crippen LogP contribution < -0.4 is 10.1 Å². The van der Waals surface area contributed by atoms with E-state index >= 15 is 0 Å². The van der Waals surface area contributed by atoms with Gasteiger partial charge >= 0.3 is 0 Å². The summed E-state index contributed by atoms with van der Waals surface area (Å²) in [6.07, 6.45) is 8.19. The maximum absolute atomic E-state index is 13.0. The van der Waals surface area contributed by atoms with E-state index in [4.69, 9.17) is 4.74 Å². The maximum Gasteiger partial charge on any atom is 0.251 e. The number of hydrogen-bond acceptors (Lipinski definition) is 4. The average molecular weight is 407 g/mol. The Morgan fingerprint density at radius 2 is 1.97 bits per heavy atom. The first kappa shape index (κ1) is 19.6. The third-order valence-electron chi connectivity index (χ3n) is 7.48. The van der Waals surface area contributed by atoms with E-state index in [0.717, 1.165) is 30.9 Å². The molecule has 2 atom stereocenters. The lowest BCUT2D eigenvalue weighted by Gasteiger charge is -2.59. The second-order valence-electron chi connectivity index (χ2n) is 9.57. The fourth-order valence-corrected chi connectivity index (χ4v) is 6.40. The molecule has 1 aromatic heterocycles. The molecule has 1 heterocycles. The lowest BCUT2D eigenvalue weighted by atomic mass is 9.48. The van der Waals surface area contributed by atoms with Crippen molar-refractivity contribution in [2.24, 2.45) is 23.2 Å². The lowest BCUT2D eigenvalue weighted by molar-refractivity contribution is -0.0969. The fraction of sp³-hybridized carbons (Fsp3) is 0.520. The summed E-state index contributed by atoms with van der Waals surface area (Å²) < 4.78 is 5.87. The predicted octanol–water partition coefficient (Wildman–Crippen LogP) is 3.62. The molecule has 1 amide bonds. The third-order valence-corrected chi connectivity index (χ3v) is 7.48. The Kier molecular flexibility index (Phi) is 5.23. The van der Waals surface area contributed by atoms with Crippen LogP contribution >= 0.6 is 0 Å². The number of aromatic nitrogens is 1. The molecule has 0 saturated heterocycles. The molecule has 158 valence electrons. The standard InChI is InChI=1S/C25H30N2O3/c28-16-25-13-17-10-19(14-25)23(20(11-17)15-25)27-24(29)18-4-3-6-22(12-18)30-9-7-21-5-1-2-8-26-21/h1-6,8,12,17,19-20,23,28H,7,9-11,13-16H2,(H,27,29). The van der Waals surface area contributed by atoms with Crippen molar-refractivity contribution in [3.63, 3.8) is 0 Å². The molecule has 4 saturated carbocycles. The van der Waals surface area contributed by atoms with Crippen LogP contribution in [-0.2, 0) is 6.42 Å². The van der Waals surface area contributed by atoms with Crippen molar-refractivity contribution in [3.05, 3.63) is 59.9 Å². The number of carbonyl (C=O) groups is 1. The Balaban J connectivity index is 1.20. The van der Waals surface area contributed by atoms with E-state index in [9.17, 15) is 9.90 Å². The van der Waals surface area contributed by atoms with Gasteiger partial charge in [-0.15, -0.1) is 0 Å². The molecular formula is C25H30N2O3. The van der Waals surface area contributed by atoms with E-state index in [1.165, 1.54) is 19.3 Å². The van der Waals surface area contributed by atoms with Gasteiger partial charge in [0.25, 0.3) is 5.91 Å². The molecule has 0 radical (unpaired) electrons. The highest BCUT2D eigenvalue weighted by Gasteiger charge is 2.55. The van der Waals surface area contributed by atoms with Crippen LogP contribution in [0, 0.1) is 23.2 Å². The summed E-state index contributed by atoms with van der Waals surface area (Å²) in [6.45, 7) is 0.828. The molecule has 30 heavy (non-hydrogen) atoms. The highest BCUT2D eigenvalue weighted by atomic mass is 16.5. The van der Waals surface area contributed by atoms with Crippen LogP contribution in [-0.4, -0.2) is 35.3 Å². The van der Waals surface area contributed by atoms with E-state index in [2.05, 4.69) is 10.3 Å². The van der Waals surface area contributed by atoms with Gasteiger partial charge in [0.05, 0.1) is 6.61 Å². The fourth-order valence-electron chi connectivity index (χ4n) is 6.40. The zero-order chi connectivity index (χ0) is 20.6. The first-order chi connectivity index (χ1) is 14.6. The van der Waals surface area contributed by atoms with Crippen molar-refractivity contribution in [2.45, 2.75) is 44.6 Å². The number of aliphatic hydroxyl groups is 1. The Morgan fingerprint density at radius 3 is 2.70 bits per heavy atom. The number of nitrogens with one attached hydrogen (secondary N) is 1. The van der Waals surface area contributed by atoms with Gasteiger partial charge in [-0.05, 0) is 85.6 Å². The Morgan fingerprint density at radius 1 is 1.13 bits per heavy atom. The van der Waals surface area contributed by atoms with Gasteiger partial charge in [0.1, 0.15) is 5.75 Å². The minimum Gasteiger partial charge on any atom is -0.493 e. The molecule has 2 N–H and O–H groups in total. The number of carbonyl (C=O) groups excluding carboxylic acids is 1. The number of benzene rings is 1. The van der Waals surface area contributed by atoms with Gasteiger partial charge < -0.3 is 15.2 Å². The number of rotatable bonds is 7. The van der Waals surface area contributed by atoms with Crippen LogP contribution in [0.25, 0.3) is 0 Å². The normalized spacial score (nSPS) is 31.5. The van der Waals surface area contributed by atoms with E-state index in [0.29, 0.717) is 36.4 Å². The summed E-state index contributed by atoms with van der Waals surface area (Å²) in [5.74, 6) is 2.44. The molecule has 2 unspecified atom stereocenters. The van der Waals surface area contributed by atoms with Gasteiger partial charge in [-0.1, -0.05) is 12.1 Å². The predicted molar refractivity (Wildman–Crippen MR) is 114 cm³/mol. The second-order valence-corrected chi connectivity index (χ2v) is 9.57. The summed E-state index contributed by atoms with van der Waals surface area (Å²) >= 11 is 0. The summed E-state index contributed by atoms with van der Waals surface area (Å²) in [4.78, 5) is 17.3. The minimum absolute atomic E-state index is 0.0132. The van der Waals surface area contributed by atoms with Gasteiger partial charge in [0.15, 0.2) is 0 Å². The van der Waals surface area contributed by atoms with Crippen molar-refractivity contribution in [3.8, 4) is 5.75 Å². The van der Waals surface area contributed by atoms with Crippen LogP contribution in [0.1, 0.15) is 48.2 Å². The number of pyridine rings is 1. The largest absolute Gasteiger partial charge is 0.493 e. The van der Waals surface area contributed by atoms with Crippen LogP contribution in [0.2, 0.25) is 0 Å². The lowest BCUT2D eigenvalue weighted by Crippen LogP contribution is -2.60. The Bertz CT molecular complexity index is 884. The smallest absolute Gasteiger partial charge is 0.251 e. The molecule has 5 heteroatoms. The van der Waals surface area contributed by atoms with E-state index < -0.39 is 0 Å². The molecule has 4 aliphatic carbocycles. The number of ether oxygens (including phenoxy) is 1. The van der Waals surface area contributed by atoms with Crippen molar-refractivity contribution < 1.29 is 14.6 Å².